The summed E-state index contributed by atoms with van der Waals surface area (Å²) in [5, 5.41) is 0. The van der Waals surface area contributed by atoms with E-state index in [1.807, 2.05) is 6.92 Å². The molecular weight excluding hydrogens is 202 g/mol. The van der Waals surface area contributed by atoms with E-state index >= 15 is 0 Å². The molecule has 0 radical (unpaired) electrons. The van der Waals surface area contributed by atoms with Crippen molar-refractivity contribution in [1.82, 2.24) is 9.88 Å². The minimum absolute atomic E-state index is 0.575. The van der Waals surface area contributed by atoms with Gasteiger partial charge in [-0.1, -0.05) is 0 Å². The lowest BCUT2D eigenvalue weighted by Crippen LogP contribution is -2.29. The first kappa shape index (κ1) is 11.6. The van der Waals surface area contributed by atoms with Crippen molar-refractivity contribution in [2.75, 3.05) is 26.7 Å². The van der Waals surface area contributed by atoms with E-state index in [1.54, 1.807) is 0 Å². The van der Waals surface area contributed by atoms with Gasteiger partial charge in [0.05, 0.1) is 5.69 Å². The smallest absolute Gasteiger partial charge is 0.195 e. The van der Waals surface area contributed by atoms with Crippen LogP contribution in [0.4, 0.5) is 0 Å². The van der Waals surface area contributed by atoms with E-state index in [1.165, 1.54) is 12.8 Å². The third kappa shape index (κ3) is 2.44. The van der Waals surface area contributed by atoms with Gasteiger partial charge in [0.25, 0.3) is 0 Å². The number of aryl methyl sites for hydroxylation is 1. The van der Waals surface area contributed by atoms with E-state index in [0.29, 0.717) is 12.5 Å². The fourth-order valence-corrected chi connectivity index (χ4v) is 2.36. The van der Waals surface area contributed by atoms with Crippen LogP contribution >= 0.6 is 0 Å². The van der Waals surface area contributed by atoms with Crippen LogP contribution in [0.1, 0.15) is 36.1 Å². The van der Waals surface area contributed by atoms with Gasteiger partial charge in [-0.2, -0.15) is 0 Å². The van der Waals surface area contributed by atoms with E-state index in [4.69, 9.17) is 10.2 Å². The summed E-state index contributed by atoms with van der Waals surface area (Å²) >= 11 is 0. The molecule has 2 N–H and O–H groups in total. The van der Waals surface area contributed by atoms with Crippen LogP contribution in [0.2, 0.25) is 0 Å². The Morgan fingerprint density at radius 2 is 2.12 bits per heavy atom. The Kier molecular flexibility index (Phi) is 3.61. The molecular formula is C12H21N3O. The van der Waals surface area contributed by atoms with Crippen LogP contribution in [0.5, 0.6) is 0 Å². The van der Waals surface area contributed by atoms with Crippen molar-refractivity contribution in [2.24, 2.45) is 5.73 Å². The summed E-state index contributed by atoms with van der Waals surface area (Å²) in [5.74, 6) is 2.36. The molecule has 0 atom stereocenters. The number of piperidine rings is 1. The van der Waals surface area contributed by atoms with Gasteiger partial charge in [-0.15, -0.1) is 0 Å². The minimum Gasteiger partial charge on any atom is -0.446 e. The molecule has 0 aromatic carbocycles. The average Bonchev–Trinajstić information content (AvgIpc) is 2.61. The van der Waals surface area contributed by atoms with Gasteiger partial charge in [0, 0.05) is 18.9 Å². The third-order valence-electron chi connectivity index (χ3n) is 3.34. The molecule has 4 heteroatoms. The van der Waals surface area contributed by atoms with Gasteiger partial charge < -0.3 is 15.1 Å². The molecule has 0 spiro atoms. The molecule has 0 unspecified atom stereocenters. The van der Waals surface area contributed by atoms with E-state index in [2.05, 4.69) is 16.9 Å². The predicted octanol–water partition coefficient (Wildman–Crippen LogP) is 1.29. The standard InChI is InChI=1S/C12H21N3O/c1-9-12(14-11(16-9)3-6-13)10-4-7-15(2)8-5-10/h10H,3-8,13H2,1-2H3. The number of aromatic nitrogens is 1. The Morgan fingerprint density at radius 3 is 2.75 bits per heavy atom. The number of hydrogen-bond acceptors (Lipinski definition) is 4. The van der Waals surface area contributed by atoms with Gasteiger partial charge in [-0.25, -0.2) is 4.98 Å². The monoisotopic (exact) mass is 223 g/mol. The van der Waals surface area contributed by atoms with Crippen LogP contribution in [0.25, 0.3) is 0 Å². The zero-order valence-electron chi connectivity index (χ0n) is 10.2. The quantitative estimate of drug-likeness (QED) is 0.839. The first-order valence-electron chi connectivity index (χ1n) is 6.05. The molecule has 4 nitrogen and oxygen atoms in total. The zero-order valence-corrected chi connectivity index (χ0v) is 10.2. The van der Waals surface area contributed by atoms with Crippen LogP contribution in [-0.2, 0) is 6.42 Å². The summed E-state index contributed by atoms with van der Waals surface area (Å²) in [4.78, 5) is 6.95. The molecule has 2 rings (SSSR count). The van der Waals surface area contributed by atoms with Crippen molar-refractivity contribution < 1.29 is 4.42 Å². The second kappa shape index (κ2) is 4.97. The Balaban J connectivity index is 2.08. The van der Waals surface area contributed by atoms with E-state index < -0.39 is 0 Å². The van der Waals surface area contributed by atoms with E-state index in [9.17, 15) is 0 Å². The van der Waals surface area contributed by atoms with Gasteiger partial charge in [0.15, 0.2) is 5.89 Å². The van der Waals surface area contributed by atoms with Gasteiger partial charge in [0.2, 0.25) is 0 Å². The zero-order chi connectivity index (χ0) is 11.5. The van der Waals surface area contributed by atoms with Crippen LogP contribution in [-0.4, -0.2) is 36.6 Å². The molecule has 1 fully saturated rings. The maximum absolute atomic E-state index is 5.63. The molecule has 0 saturated carbocycles. The molecule has 90 valence electrons. The molecule has 2 heterocycles. The number of oxazole rings is 1. The third-order valence-corrected chi connectivity index (χ3v) is 3.34. The summed E-state index contributed by atoms with van der Waals surface area (Å²) in [6, 6.07) is 0. The predicted molar refractivity (Wildman–Crippen MR) is 63.5 cm³/mol. The number of likely N-dealkylation sites (tertiary alicyclic amines) is 1. The van der Waals surface area contributed by atoms with Crippen LogP contribution in [0.3, 0.4) is 0 Å². The van der Waals surface area contributed by atoms with Crippen molar-refractivity contribution >= 4 is 0 Å². The summed E-state index contributed by atoms with van der Waals surface area (Å²) in [6.07, 6.45) is 3.12. The fraction of sp³-hybridized carbons (Fsp3) is 0.750. The highest BCUT2D eigenvalue weighted by molar-refractivity contribution is 5.15. The van der Waals surface area contributed by atoms with Crippen molar-refractivity contribution in [3.8, 4) is 0 Å². The largest absolute Gasteiger partial charge is 0.446 e. The Labute approximate surface area is 96.8 Å². The lowest BCUT2D eigenvalue weighted by molar-refractivity contribution is 0.252. The molecule has 1 aliphatic rings. The molecule has 1 aromatic rings. The van der Waals surface area contributed by atoms with Crippen LogP contribution in [0, 0.1) is 6.92 Å². The summed E-state index contributed by atoms with van der Waals surface area (Å²) < 4.78 is 5.63. The summed E-state index contributed by atoms with van der Waals surface area (Å²) in [7, 11) is 2.17. The lowest BCUT2D eigenvalue weighted by Gasteiger charge is -2.27. The number of nitrogens with two attached hydrogens (primary N) is 1. The summed E-state index contributed by atoms with van der Waals surface area (Å²) in [5.41, 5.74) is 6.67. The first-order chi connectivity index (χ1) is 7.70. The molecule has 0 bridgehead atoms. The van der Waals surface area contributed by atoms with E-state index in [0.717, 1.165) is 36.9 Å². The Morgan fingerprint density at radius 1 is 1.44 bits per heavy atom. The van der Waals surface area contributed by atoms with Crippen LogP contribution in [0.15, 0.2) is 4.42 Å². The lowest BCUT2D eigenvalue weighted by atomic mass is 9.93. The second-order valence-corrected chi connectivity index (χ2v) is 4.67. The molecule has 1 aliphatic heterocycles. The fourth-order valence-electron chi connectivity index (χ4n) is 2.36. The normalized spacial score (nSPS) is 19.2. The minimum atomic E-state index is 0.575. The average molecular weight is 223 g/mol. The highest BCUT2D eigenvalue weighted by Crippen LogP contribution is 2.29. The molecule has 16 heavy (non-hydrogen) atoms. The van der Waals surface area contributed by atoms with Gasteiger partial charge in [0.1, 0.15) is 5.76 Å². The van der Waals surface area contributed by atoms with Gasteiger partial charge in [-0.05, 0) is 39.9 Å². The molecule has 0 amide bonds. The molecule has 0 aliphatic carbocycles. The molecule has 1 saturated heterocycles. The number of rotatable bonds is 3. The number of hydrogen-bond donors (Lipinski definition) is 1. The highest BCUT2D eigenvalue weighted by Gasteiger charge is 2.23. The van der Waals surface area contributed by atoms with Crippen molar-refractivity contribution in [3.63, 3.8) is 0 Å². The SMILES string of the molecule is Cc1oc(CCN)nc1C1CCN(C)CC1. The topological polar surface area (TPSA) is 55.3 Å². The van der Waals surface area contributed by atoms with Crippen molar-refractivity contribution in [2.45, 2.75) is 32.1 Å². The van der Waals surface area contributed by atoms with E-state index in [-0.39, 0.29) is 0 Å². The Hall–Kier alpha value is -0.870. The molecule has 1 aromatic heterocycles. The van der Waals surface area contributed by atoms with Gasteiger partial charge >= 0.3 is 0 Å². The van der Waals surface area contributed by atoms with Gasteiger partial charge in [-0.3, -0.25) is 0 Å². The van der Waals surface area contributed by atoms with Crippen molar-refractivity contribution in [3.05, 3.63) is 17.3 Å². The second-order valence-electron chi connectivity index (χ2n) is 4.67. The van der Waals surface area contributed by atoms with Crippen molar-refractivity contribution in [1.29, 1.82) is 0 Å². The van der Waals surface area contributed by atoms with Crippen LogP contribution < -0.4 is 5.73 Å². The maximum atomic E-state index is 5.63. The Bertz CT molecular complexity index is 340. The highest BCUT2D eigenvalue weighted by atomic mass is 16.4. The number of nitrogens with zero attached hydrogens (tertiary/aromatic N) is 2. The maximum Gasteiger partial charge on any atom is 0.195 e. The first-order valence-corrected chi connectivity index (χ1v) is 6.05. The summed E-state index contributed by atoms with van der Waals surface area (Å²) in [6.45, 7) is 4.93.